The molecule has 1 aliphatic rings. The Bertz CT molecular complexity index is 565. The minimum atomic E-state index is -0.623. The molecule has 6 nitrogen and oxygen atoms in total. The largest absolute Gasteiger partial charge is 0.465 e. The van der Waals surface area contributed by atoms with Gasteiger partial charge in [-0.05, 0) is 11.8 Å². The van der Waals surface area contributed by atoms with Crippen molar-refractivity contribution in [3.63, 3.8) is 0 Å². The fraction of sp³-hybridized carbons (Fsp3) is 0.538. The summed E-state index contributed by atoms with van der Waals surface area (Å²) in [6.07, 6.45) is 1.01. The van der Waals surface area contributed by atoms with E-state index in [0.29, 0.717) is 5.00 Å². The van der Waals surface area contributed by atoms with Crippen molar-refractivity contribution in [1.29, 1.82) is 0 Å². The first-order valence-corrected chi connectivity index (χ1v) is 7.14. The molecule has 1 amide bonds. The summed E-state index contributed by atoms with van der Waals surface area (Å²) in [5.41, 5.74) is 11.7. The molecule has 1 fully saturated rings. The molecule has 20 heavy (non-hydrogen) atoms. The van der Waals surface area contributed by atoms with Gasteiger partial charge in [-0.15, -0.1) is 11.3 Å². The van der Waals surface area contributed by atoms with E-state index in [1.807, 2.05) is 0 Å². The monoisotopic (exact) mass is 297 g/mol. The smallest absolute Gasteiger partial charge is 0.343 e. The number of hydrogen-bond acceptors (Lipinski definition) is 6. The highest BCUT2D eigenvalue weighted by molar-refractivity contribution is 7.19. The van der Waals surface area contributed by atoms with Crippen LogP contribution in [0.15, 0.2) is 0 Å². The molecule has 0 spiro atoms. The molecular weight excluding hydrogens is 278 g/mol. The summed E-state index contributed by atoms with van der Waals surface area (Å²) in [4.78, 5) is 25.6. The molecule has 1 aromatic heterocycles. The lowest BCUT2D eigenvalue weighted by Gasteiger charge is -2.21. The molecule has 0 aliphatic carbocycles. The van der Waals surface area contributed by atoms with E-state index in [-0.39, 0.29) is 21.5 Å². The SMILES string of the molecule is COC(=O)c1c(N2CCC(C)(C)C2)sc(C(N)=O)c1N. The van der Waals surface area contributed by atoms with Crippen molar-refractivity contribution in [2.45, 2.75) is 20.3 Å². The van der Waals surface area contributed by atoms with Crippen LogP contribution in [0.2, 0.25) is 0 Å². The molecule has 1 saturated heterocycles. The van der Waals surface area contributed by atoms with E-state index in [4.69, 9.17) is 16.2 Å². The van der Waals surface area contributed by atoms with Crippen LogP contribution in [0.1, 0.15) is 40.3 Å². The van der Waals surface area contributed by atoms with E-state index in [1.165, 1.54) is 7.11 Å². The number of methoxy groups -OCH3 is 1. The quantitative estimate of drug-likeness (QED) is 0.823. The number of primary amides is 1. The number of nitrogens with zero attached hydrogens (tertiary/aromatic N) is 1. The van der Waals surface area contributed by atoms with Crippen molar-refractivity contribution < 1.29 is 14.3 Å². The van der Waals surface area contributed by atoms with Crippen LogP contribution in [0.25, 0.3) is 0 Å². The lowest BCUT2D eigenvalue weighted by Crippen LogP contribution is -2.23. The first-order valence-electron chi connectivity index (χ1n) is 6.32. The maximum atomic E-state index is 11.9. The highest BCUT2D eigenvalue weighted by Gasteiger charge is 2.35. The molecule has 7 heteroatoms. The van der Waals surface area contributed by atoms with Crippen LogP contribution < -0.4 is 16.4 Å². The molecule has 0 unspecified atom stereocenters. The minimum Gasteiger partial charge on any atom is -0.465 e. The van der Waals surface area contributed by atoms with Crippen molar-refractivity contribution in [1.82, 2.24) is 0 Å². The Morgan fingerprint density at radius 2 is 2.05 bits per heavy atom. The Kier molecular flexibility index (Phi) is 3.64. The van der Waals surface area contributed by atoms with Crippen LogP contribution in [0.3, 0.4) is 0 Å². The van der Waals surface area contributed by atoms with E-state index >= 15 is 0 Å². The van der Waals surface area contributed by atoms with Crippen molar-refractivity contribution >= 4 is 33.9 Å². The number of anilines is 2. The summed E-state index contributed by atoms with van der Waals surface area (Å²) in [5.74, 6) is -1.16. The van der Waals surface area contributed by atoms with E-state index in [2.05, 4.69) is 18.7 Å². The average Bonchev–Trinajstić information content (AvgIpc) is 2.88. The van der Waals surface area contributed by atoms with Crippen molar-refractivity contribution in [2.24, 2.45) is 11.1 Å². The van der Waals surface area contributed by atoms with Crippen LogP contribution in [0, 0.1) is 5.41 Å². The van der Waals surface area contributed by atoms with Gasteiger partial charge in [-0.3, -0.25) is 4.79 Å². The second-order valence-corrected chi connectivity index (χ2v) is 6.72. The Labute approximate surface area is 121 Å². The maximum Gasteiger partial charge on any atom is 0.343 e. The number of hydrogen-bond donors (Lipinski definition) is 2. The van der Waals surface area contributed by atoms with Gasteiger partial charge in [-0.25, -0.2) is 4.79 Å². The third-order valence-corrected chi connectivity index (χ3v) is 4.79. The third kappa shape index (κ3) is 2.45. The maximum absolute atomic E-state index is 11.9. The zero-order chi connectivity index (χ0) is 15.1. The van der Waals surface area contributed by atoms with Crippen molar-refractivity contribution in [2.75, 3.05) is 30.8 Å². The fourth-order valence-corrected chi connectivity index (χ4v) is 3.51. The minimum absolute atomic E-state index is 0.119. The first kappa shape index (κ1) is 14.6. The number of amides is 1. The van der Waals surface area contributed by atoms with Crippen LogP contribution in [0.4, 0.5) is 10.7 Å². The van der Waals surface area contributed by atoms with Crippen LogP contribution >= 0.6 is 11.3 Å². The van der Waals surface area contributed by atoms with Crippen molar-refractivity contribution in [3.05, 3.63) is 10.4 Å². The summed E-state index contributed by atoms with van der Waals surface area (Å²) in [6.45, 7) is 5.94. The predicted octanol–water partition coefficient (Wildman–Crippen LogP) is 1.45. The van der Waals surface area contributed by atoms with E-state index in [9.17, 15) is 9.59 Å². The second-order valence-electron chi connectivity index (χ2n) is 5.72. The number of esters is 1. The molecule has 2 heterocycles. The molecule has 2 rings (SSSR count). The van der Waals surface area contributed by atoms with Gasteiger partial charge in [0.2, 0.25) is 0 Å². The first-order chi connectivity index (χ1) is 9.26. The summed E-state index contributed by atoms with van der Waals surface area (Å²) in [6, 6.07) is 0. The van der Waals surface area contributed by atoms with E-state index < -0.39 is 11.9 Å². The molecule has 0 atom stereocenters. The second kappa shape index (κ2) is 4.97. The van der Waals surface area contributed by atoms with Gasteiger partial charge in [0.25, 0.3) is 5.91 Å². The fourth-order valence-electron chi connectivity index (χ4n) is 2.42. The van der Waals surface area contributed by atoms with E-state index in [1.54, 1.807) is 0 Å². The zero-order valence-electron chi connectivity index (χ0n) is 11.9. The van der Waals surface area contributed by atoms with Gasteiger partial charge in [0.05, 0.1) is 12.8 Å². The van der Waals surface area contributed by atoms with Gasteiger partial charge in [-0.1, -0.05) is 13.8 Å². The van der Waals surface area contributed by atoms with Gasteiger partial charge >= 0.3 is 5.97 Å². The number of ether oxygens (including phenoxy) is 1. The number of carbonyl (C=O) groups excluding carboxylic acids is 2. The highest BCUT2D eigenvalue weighted by Crippen LogP contribution is 2.42. The van der Waals surface area contributed by atoms with Crippen molar-refractivity contribution in [3.8, 4) is 0 Å². The molecule has 1 aliphatic heterocycles. The van der Waals surface area contributed by atoms with Crippen LogP contribution in [0.5, 0.6) is 0 Å². The highest BCUT2D eigenvalue weighted by atomic mass is 32.1. The zero-order valence-corrected chi connectivity index (χ0v) is 12.7. The molecular formula is C13H19N3O3S. The van der Waals surface area contributed by atoms with Gasteiger partial charge in [0.15, 0.2) is 0 Å². The van der Waals surface area contributed by atoms with Gasteiger partial charge in [0, 0.05) is 13.1 Å². The number of nitrogen functional groups attached to an aromatic ring is 1. The van der Waals surface area contributed by atoms with E-state index in [0.717, 1.165) is 30.8 Å². The molecule has 0 saturated carbocycles. The molecule has 1 aromatic rings. The number of rotatable bonds is 3. The summed E-state index contributed by atoms with van der Waals surface area (Å²) < 4.78 is 4.77. The third-order valence-electron chi connectivity index (χ3n) is 3.50. The van der Waals surface area contributed by atoms with Gasteiger partial charge in [0.1, 0.15) is 15.4 Å². The molecule has 0 aromatic carbocycles. The summed E-state index contributed by atoms with van der Waals surface area (Å²) in [7, 11) is 1.29. The van der Waals surface area contributed by atoms with Crippen LogP contribution in [-0.2, 0) is 4.74 Å². The Morgan fingerprint density at radius 3 is 2.50 bits per heavy atom. The lowest BCUT2D eigenvalue weighted by molar-refractivity contribution is 0.0603. The summed E-state index contributed by atoms with van der Waals surface area (Å²) >= 11 is 1.16. The Hall–Kier alpha value is -1.76. The normalized spacial score (nSPS) is 17.2. The van der Waals surface area contributed by atoms with Crippen LogP contribution in [-0.4, -0.2) is 32.1 Å². The molecule has 0 radical (unpaired) electrons. The van der Waals surface area contributed by atoms with Gasteiger partial charge in [-0.2, -0.15) is 0 Å². The molecule has 4 N–H and O–H groups in total. The Morgan fingerprint density at radius 1 is 1.40 bits per heavy atom. The average molecular weight is 297 g/mol. The predicted molar refractivity (Wildman–Crippen MR) is 79.2 cm³/mol. The summed E-state index contributed by atoms with van der Waals surface area (Å²) in [5, 5.41) is 0.675. The molecule has 110 valence electrons. The van der Waals surface area contributed by atoms with Gasteiger partial charge < -0.3 is 21.1 Å². The Balaban J connectivity index is 2.49. The number of thiophene rings is 1. The molecule has 0 bridgehead atoms. The topological polar surface area (TPSA) is 98.6 Å². The lowest BCUT2D eigenvalue weighted by atomic mass is 9.93. The standard InChI is InChI=1S/C13H19N3O3S/c1-13(2)4-5-16(6-13)11-7(12(18)19-3)8(14)9(20-11)10(15)17/h4-6,14H2,1-3H3,(H2,15,17). The number of nitrogens with two attached hydrogens (primary N) is 2. The number of carbonyl (C=O) groups is 2.